The quantitative estimate of drug-likeness (QED) is 0.299. The van der Waals surface area contributed by atoms with Crippen LogP contribution >= 0.6 is 11.3 Å². The van der Waals surface area contributed by atoms with Gasteiger partial charge in [-0.3, -0.25) is 4.40 Å². The van der Waals surface area contributed by atoms with Crippen LogP contribution in [0, 0.1) is 0 Å². The van der Waals surface area contributed by atoms with Gasteiger partial charge in [0.25, 0.3) is 0 Å². The molecule has 3 heteroatoms. The van der Waals surface area contributed by atoms with Crippen LogP contribution in [0.15, 0.2) is 109 Å². The molecule has 0 aliphatic rings. The van der Waals surface area contributed by atoms with Crippen LogP contribution < -0.4 is 0 Å². The number of nitrogens with zero attached hydrogens (tertiary/aromatic N) is 2. The molecule has 6 rings (SSSR count). The molecule has 3 aromatic carbocycles. The molecule has 3 aromatic heterocycles. The topological polar surface area (TPSA) is 17.3 Å². The highest BCUT2D eigenvalue weighted by atomic mass is 32.1. The van der Waals surface area contributed by atoms with Crippen LogP contribution in [0.5, 0.6) is 0 Å². The average molecular weight is 403 g/mol. The number of hydrogen-bond acceptors (Lipinski definition) is 2. The predicted octanol–water partition coefficient (Wildman–Crippen LogP) is 7.55. The summed E-state index contributed by atoms with van der Waals surface area (Å²) in [4.78, 5) is 7.59. The third-order valence-electron chi connectivity index (χ3n) is 5.45. The molecule has 0 saturated heterocycles. The van der Waals surface area contributed by atoms with E-state index in [1.165, 1.54) is 31.7 Å². The maximum absolute atomic E-state index is 5.09. The molecule has 0 fully saturated rings. The van der Waals surface area contributed by atoms with Crippen molar-refractivity contribution in [3.63, 3.8) is 0 Å². The summed E-state index contributed by atoms with van der Waals surface area (Å²) in [6.45, 7) is 0. The molecule has 0 radical (unpaired) electrons. The highest BCUT2D eigenvalue weighted by Crippen LogP contribution is 2.46. The lowest BCUT2D eigenvalue weighted by atomic mass is 10.0. The molecule has 0 atom stereocenters. The standard InChI is InChI=1S/C27H18N2S/c1-3-11-19(12-4-1)25-24(28-23-17-9-10-18-29(23)25)27-22-16-8-7-15-21(22)26(30-27)20-13-5-2-6-14-20/h1-18H. The van der Waals surface area contributed by atoms with Crippen molar-refractivity contribution in [2.24, 2.45) is 0 Å². The van der Waals surface area contributed by atoms with Crippen LogP contribution in [-0.2, 0) is 0 Å². The Morgan fingerprint density at radius 2 is 1.17 bits per heavy atom. The molecule has 0 aliphatic carbocycles. The molecule has 142 valence electrons. The molecular formula is C27H18N2S. The van der Waals surface area contributed by atoms with Crippen LogP contribution in [-0.4, -0.2) is 9.38 Å². The lowest BCUT2D eigenvalue weighted by Gasteiger charge is -2.05. The summed E-state index contributed by atoms with van der Waals surface area (Å²) < 4.78 is 2.20. The smallest absolute Gasteiger partial charge is 0.137 e. The Balaban J connectivity index is 1.70. The second-order valence-corrected chi connectivity index (χ2v) is 8.30. The maximum Gasteiger partial charge on any atom is 0.137 e. The average Bonchev–Trinajstić information content (AvgIpc) is 3.39. The van der Waals surface area contributed by atoms with Gasteiger partial charge in [-0.2, -0.15) is 0 Å². The van der Waals surface area contributed by atoms with Crippen LogP contribution in [0.3, 0.4) is 0 Å². The molecule has 2 nitrogen and oxygen atoms in total. The summed E-state index contributed by atoms with van der Waals surface area (Å²) >= 11 is 1.83. The predicted molar refractivity (Wildman–Crippen MR) is 127 cm³/mol. The van der Waals surface area contributed by atoms with E-state index >= 15 is 0 Å². The Bertz CT molecular complexity index is 1480. The van der Waals surface area contributed by atoms with E-state index in [-0.39, 0.29) is 0 Å². The number of aromatic nitrogens is 2. The maximum atomic E-state index is 5.09. The third kappa shape index (κ3) is 2.67. The van der Waals surface area contributed by atoms with Crippen LogP contribution in [0.2, 0.25) is 0 Å². The van der Waals surface area contributed by atoms with E-state index in [9.17, 15) is 0 Å². The van der Waals surface area contributed by atoms with Crippen molar-refractivity contribution >= 4 is 27.8 Å². The molecule has 6 aromatic rings. The van der Waals surface area contributed by atoms with Crippen molar-refractivity contribution in [1.29, 1.82) is 0 Å². The van der Waals surface area contributed by atoms with Crippen molar-refractivity contribution in [3.05, 3.63) is 109 Å². The lowest BCUT2D eigenvalue weighted by Crippen LogP contribution is -1.88. The minimum Gasteiger partial charge on any atom is -0.299 e. The van der Waals surface area contributed by atoms with Crippen molar-refractivity contribution in [2.75, 3.05) is 0 Å². The number of rotatable bonds is 3. The van der Waals surface area contributed by atoms with Gasteiger partial charge in [0, 0.05) is 27.4 Å². The van der Waals surface area contributed by atoms with E-state index in [0.29, 0.717) is 0 Å². The first-order valence-electron chi connectivity index (χ1n) is 10.00. The largest absolute Gasteiger partial charge is 0.299 e. The summed E-state index contributed by atoms with van der Waals surface area (Å²) in [5, 5.41) is 2.53. The Labute approximate surface area is 178 Å². The SMILES string of the molecule is c1ccc(-c2sc(-c3nc4ccccn4c3-c3ccccc3)c3ccccc23)cc1. The third-order valence-corrected chi connectivity index (χ3v) is 6.73. The number of benzene rings is 3. The minimum absolute atomic E-state index is 0.963. The summed E-state index contributed by atoms with van der Waals surface area (Å²) in [6.07, 6.45) is 2.10. The highest BCUT2D eigenvalue weighted by Gasteiger charge is 2.21. The Hall–Kier alpha value is -3.69. The number of pyridine rings is 1. The summed E-state index contributed by atoms with van der Waals surface area (Å²) in [5.74, 6) is 0. The molecule has 0 amide bonds. The summed E-state index contributed by atoms with van der Waals surface area (Å²) in [5.41, 5.74) is 5.55. The van der Waals surface area contributed by atoms with Gasteiger partial charge in [0.1, 0.15) is 11.3 Å². The van der Waals surface area contributed by atoms with Gasteiger partial charge < -0.3 is 0 Å². The van der Waals surface area contributed by atoms with Crippen LogP contribution in [0.1, 0.15) is 0 Å². The van der Waals surface area contributed by atoms with Crippen molar-refractivity contribution in [2.45, 2.75) is 0 Å². The molecule has 0 aliphatic heterocycles. The zero-order valence-electron chi connectivity index (χ0n) is 16.2. The van der Waals surface area contributed by atoms with E-state index in [2.05, 4.69) is 108 Å². The number of imidazole rings is 1. The number of thiophene rings is 1. The van der Waals surface area contributed by atoms with Gasteiger partial charge in [-0.25, -0.2) is 4.98 Å². The van der Waals surface area contributed by atoms with Crippen LogP contribution in [0.4, 0.5) is 0 Å². The van der Waals surface area contributed by atoms with Crippen molar-refractivity contribution in [1.82, 2.24) is 9.38 Å². The van der Waals surface area contributed by atoms with E-state index < -0.39 is 0 Å². The summed E-state index contributed by atoms with van der Waals surface area (Å²) in [6, 6.07) is 36.0. The first-order chi connectivity index (χ1) is 14.9. The molecule has 0 N–H and O–H groups in total. The van der Waals surface area contributed by atoms with E-state index in [4.69, 9.17) is 4.98 Å². The summed E-state index contributed by atoms with van der Waals surface area (Å²) in [7, 11) is 0. The van der Waals surface area contributed by atoms with E-state index in [1.807, 2.05) is 17.4 Å². The van der Waals surface area contributed by atoms with Gasteiger partial charge in [-0.15, -0.1) is 11.3 Å². The fourth-order valence-electron chi connectivity index (χ4n) is 4.10. The first-order valence-corrected chi connectivity index (χ1v) is 10.8. The molecule has 0 bridgehead atoms. The normalized spacial score (nSPS) is 11.3. The Kier molecular flexibility index (Phi) is 4.00. The number of hydrogen-bond donors (Lipinski definition) is 0. The van der Waals surface area contributed by atoms with Gasteiger partial charge in [0.05, 0.1) is 10.6 Å². The van der Waals surface area contributed by atoms with Gasteiger partial charge in [0.2, 0.25) is 0 Å². The first kappa shape index (κ1) is 17.2. The Morgan fingerprint density at radius 3 is 1.90 bits per heavy atom. The fourth-order valence-corrected chi connectivity index (χ4v) is 5.37. The van der Waals surface area contributed by atoms with Gasteiger partial charge in [0.15, 0.2) is 0 Å². The molecule has 0 unspecified atom stereocenters. The second kappa shape index (κ2) is 6.97. The van der Waals surface area contributed by atoms with E-state index in [0.717, 1.165) is 17.0 Å². The van der Waals surface area contributed by atoms with E-state index in [1.54, 1.807) is 0 Å². The van der Waals surface area contributed by atoms with Crippen LogP contribution in [0.25, 0.3) is 48.7 Å². The lowest BCUT2D eigenvalue weighted by molar-refractivity contribution is 1.19. The second-order valence-electron chi connectivity index (χ2n) is 7.28. The molecule has 30 heavy (non-hydrogen) atoms. The van der Waals surface area contributed by atoms with Gasteiger partial charge in [-0.1, -0.05) is 91.0 Å². The van der Waals surface area contributed by atoms with Crippen molar-refractivity contribution < 1.29 is 0 Å². The fraction of sp³-hybridized carbons (Fsp3) is 0. The van der Waals surface area contributed by atoms with Gasteiger partial charge in [-0.05, 0) is 17.7 Å². The Morgan fingerprint density at radius 1 is 0.567 bits per heavy atom. The van der Waals surface area contributed by atoms with Gasteiger partial charge >= 0.3 is 0 Å². The highest BCUT2D eigenvalue weighted by molar-refractivity contribution is 7.21. The zero-order valence-corrected chi connectivity index (χ0v) is 17.0. The molecular weight excluding hydrogens is 384 g/mol. The number of fused-ring (bicyclic) bond motifs is 2. The zero-order chi connectivity index (χ0) is 19.9. The molecule has 3 heterocycles. The monoisotopic (exact) mass is 402 g/mol. The van der Waals surface area contributed by atoms with Crippen molar-refractivity contribution in [3.8, 4) is 32.3 Å². The molecule has 0 saturated carbocycles. The molecule has 0 spiro atoms. The minimum atomic E-state index is 0.963.